The Morgan fingerprint density at radius 2 is 2.18 bits per heavy atom. The molecule has 1 aromatic carbocycles. The van der Waals surface area contributed by atoms with E-state index in [1.165, 1.54) is 11.3 Å². The molecule has 1 N–H and O–H groups in total. The Balaban J connectivity index is 1.95. The van der Waals surface area contributed by atoms with E-state index in [1.54, 1.807) is 7.11 Å². The predicted octanol–water partition coefficient (Wildman–Crippen LogP) is 1.58. The van der Waals surface area contributed by atoms with Crippen LogP contribution in [0, 0.1) is 0 Å². The van der Waals surface area contributed by atoms with Crippen LogP contribution in [0.1, 0.15) is 17.3 Å². The van der Waals surface area contributed by atoms with Gasteiger partial charge in [0, 0.05) is 13.1 Å². The van der Waals surface area contributed by atoms with Crippen molar-refractivity contribution in [3.8, 4) is 5.75 Å². The van der Waals surface area contributed by atoms with Gasteiger partial charge in [0.15, 0.2) is 0 Å². The average Bonchev–Trinajstić information content (AvgIpc) is 2.87. The molecular weight excluding hydrogens is 214 g/mol. The van der Waals surface area contributed by atoms with Crippen molar-refractivity contribution in [2.75, 3.05) is 13.7 Å². The number of benzene rings is 1. The topological polar surface area (TPSA) is 39.1 Å². The van der Waals surface area contributed by atoms with Gasteiger partial charge in [-0.3, -0.25) is 0 Å². The van der Waals surface area contributed by atoms with Crippen LogP contribution in [0.5, 0.6) is 5.75 Å². The van der Waals surface area contributed by atoms with Crippen molar-refractivity contribution in [2.24, 2.45) is 0 Å². The van der Waals surface area contributed by atoms with Crippen LogP contribution in [0.4, 0.5) is 0 Å². The summed E-state index contributed by atoms with van der Waals surface area (Å²) in [5, 5.41) is 3.51. The second kappa shape index (κ2) is 4.22. The molecule has 2 heterocycles. The number of ether oxygens (including phenoxy) is 1. The van der Waals surface area contributed by atoms with E-state index in [-0.39, 0.29) is 6.04 Å². The highest BCUT2D eigenvalue weighted by atomic mass is 16.5. The highest BCUT2D eigenvalue weighted by Crippen LogP contribution is 2.25. The van der Waals surface area contributed by atoms with Crippen molar-refractivity contribution in [3.05, 3.63) is 48.0 Å². The van der Waals surface area contributed by atoms with Crippen molar-refractivity contribution >= 4 is 0 Å². The van der Waals surface area contributed by atoms with Crippen LogP contribution in [0.3, 0.4) is 0 Å². The molecule has 0 saturated carbocycles. The lowest BCUT2D eigenvalue weighted by Crippen LogP contribution is -2.33. The molecule has 0 aliphatic carbocycles. The Kier molecular flexibility index (Phi) is 2.57. The third-order valence-corrected chi connectivity index (χ3v) is 3.19. The SMILES string of the molecule is COc1ccc(C2NCCn3cncc32)cc1. The largest absolute Gasteiger partial charge is 0.497 e. The minimum atomic E-state index is 0.233. The van der Waals surface area contributed by atoms with E-state index in [0.717, 1.165) is 18.8 Å². The molecule has 0 bridgehead atoms. The van der Waals surface area contributed by atoms with Crippen molar-refractivity contribution in [3.63, 3.8) is 0 Å². The molecule has 0 radical (unpaired) electrons. The van der Waals surface area contributed by atoms with E-state index in [1.807, 2.05) is 24.7 Å². The number of methoxy groups -OCH3 is 1. The standard InChI is InChI=1S/C13H15N3O/c1-17-11-4-2-10(3-5-11)13-12-8-14-9-16(12)7-6-15-13/h2-5,8-9,13,15H,6-7H2,1H3. The zero-order chi connectivity index (χ0) is 11.7. The number of nitrogens with zero attached hydrogens (tertiary/aromatic N) is 2. The maximum absolute atomic E-state index is 5.17. The molecule has 1 aliphatic heterocycles. The fourth-order valence-electron chi connectivity index (χ4n) is 2.28. The summed E-state index contributed by atoms with van der Waals surface area (Å²) in [5.74, 6) is 0.887. The van der Waals surface area contributed by atoms with Gasteiger partial charge in [-0.2, -0.15) is 0 Å². The normalized spacial score (nSPS) is 18.8. The molecule has 4 nitrogen and oxygen atoms in total. The summed E-state index contributed by atoms with van der Waals surface area (Å²) in [6.45, 7) is 1.96. The summed E-state index contributed by atoms with van der Waals surface area (Å²) in [4.78, 5) is 4.21. The predicted molar refractivity (Wildman–Crippen MR) is 65.1 cm³/mol. The van der Waals surface area contributed by atoms with Gasteiger partial charge in [-0.25, -0.2) is 4.98 Å². The summed E-state index contributed by atoms with van der Waals surface area (Å²) in [5.41, 5.74) is 2.47. The molecule has 2 aromatic rings. The van der Waals surface area contributed by atoms with Gasteiger partial charge in [0.25, 0.3) is 0 Å². The molecule has 3 rings (SSSR count). The lowest BCUT2D eigenvalue weighted by molar-refractivity contribution is 0.414. The monoisotopic (exact) mass is 229 g/mol. The first-order valence-corrected chi connectivity index (χ1v) is 5.76. The molecule has 0 fully saturated rings. The molecule has 0 saturated heterocycles. The molecule has 1 unspecified atom stereocenters. The smallest absolute Gasteiger partial charge is 0.118 e. The number of rotatable bonds is 2. The van der Waals surface area contributed by atoms with E-state index < -0.39 is 0 Å². The van der Waals surface area contributed by atoms with Crippen LogP contribution in [0.2, 0.25) is 0 Å². The fourth-order valence-corrected chi connectivity index (χ4v) is 2.28. The summed E-state index contributed by atoms with van der Waals surface area (Å²) >= 11 is 0. The molecule has 1 aliphatic rings. The molecule has 17 heavy (non-hydrogen) atoms. The Morgan fingerprint density at radius 3 is 2.94 bits per heavy atom. The van der Waals surface area contributed by atoms with Crippen LogP contribution >= 0.6 is 0 Å². The highest BCUT2D eigenvalue weighted by Gasteiger charge is 2.21. The van der Waals surface area contributed by atoms with E-state index in [2.05, 4.69) is 27.0 Å². The first-order chi connectivity index (χ1) is 8.38. The number of hydrogen-bond donors (Lipinski definition) is 1. The first-order valence-electron chi connectivity index (χ1n) is 5.76. The minimum Gasteiger partial charge on any atom is -0.497 e. The average molecular weight is 229 g/mol. The molecule has 88 valence electrons. The molecule has 1 atom stereocenters. The van der Waals surface area contributed by atoms with Gasteiger partial charge in [-0.05, 0) is 17.7 Å². The summed E-state index contributed by atoms with van der Waals surface area (Å²) in [6.07, 6.45) is 3.83. The molecule has 1 aromatic heterocycles. The molecule has 4 heteroatoms. The summed E-state index contributed by atoms with van der Waals surface area (Å²) in [6, 6.07) is 8.41. The van der Waals surface area contributed by atoms with Gasteiger partial charge in [-0.15, -0.1) is 0 Å². The summed E-state index contributed by atoms with van der Waals surface area (Å²) < 4.78 is 7.37. The zero-order valence-corrected chi connectivity index (χ0v) is 9.76. The summed E-state index contributed by atoms with van der Waals surface area (Å²) in [7, 11) is 1.68. The van der Waals surface area contributed by atoms with E-state index >= 15 is 0 Å². The van der Waals surface area contributed by atoms with Crippen LogP contribution in [-0.4, -0.2) is 23.2 Å². The third kappa shape index (κ3) is 1.80. The maximum Gasteiger partial charge on any atom is 0.118 e. The number of aromatic nitrogens is 2. The van der Waals surface area contributed by atoms with Gasteiger partial charge in [-0.1, -0.05) is 12.1 Å². The quantitative estimate of drug-likeness (QED) is 0.850. The molecular formula is C13H15N3O. The van der Waals surface area contributed by atoms with Gasteiger partial charge in [0.05, 0.1) is 31.4 Å². The second-order valence-corrected chi connectivity index (χ2v) is 4.17. The van der Waals surface area contributed by atoms with Crippen molar-refractivity contribution in [1.82, 2.24) is 14.9 Å². The lowest BCUT2D eigenvalue weighted by Gasteiger charge is -2.26. The van der Waals surface area contributed by atoms with Gasteiger partial charge in [0.1, 0.15) is 5.75 Å². The third-order valence-electron chi connectivity index (χ3n) is 3.19. The molecule has 0 amide bonds. The van der Waals surface area contributed by atoms with Gasteiger partial charge < -0.3 is 14.6 Å². The van der Waals surface area contributed by atoms with Crippen LogP contribution in [-0.2, 0) is 6.54 Å². The zero-order valence-electron chi connectivity index (χ0n) is 9.76. The molecule has 0 spiro atoms. The Labute approximate surface area is 100 Å². The van der Waals surface area contributed by atoms with E-state index in [9.17, 15) is 0 Å². The van der Waals surface area contributed by atoms with E-state index in [4.69, 9.17) is 4.74 Å². The van der Waals surface area contributed by atoms with Crippen molar-refractivity contribution < 1.29 is 4.74 Å². The Morgan fingerprint density at radius 1 is 1.35 bits per heavy atom. The fraction of sp³-hybridized carbons (Fsp3) is 0.308. The van der Waals surface area contributed by atoms with Crippen LogP contribution in [0.25, 0.3) is 0 Å². The lowest BCUT2D eigenvalue weighted by atomic mass is 10.0. The van der Waals surface area contributed by atoms with Gasteiger partial charge in [0.2, 0.25) is 0 Å². The number of fused-ring (bicyclic) bond motifs is 1. The van der Waals surface area contributed by atoms with Crippen molar-refractivity contribution in [1.29, 1.82) is 0 Å². The Bertz CT molecular complexity index is 504. The second-order valence-electron chi connectivity index (χ2n) is 4.17. The minimum absolute atomic E-state index is 0.233. The first kappa shape index (κ1) is 10.4. The van der Waals surface area contributed by atoms with Crippen LogP contribution in [0.15, 0.2) is 36.8 Å². The number of nitrogens with one attached hydrogen (secondary N) is 1. The van der Waals surface area contributed by atoms with Gasteiger partial charge >= 0.3 is 0 Å². The maximum atomic E-state index is 5.17. The number of imidazole rings is 1. The number of hydrogen-bond acceptors (Lipinski definition) is 3. The van der Waals surface area contributed by atoms with E-state index in [0.29, 0.717) is 0 Å². The Hall–Kier alpha value is -1.81. The van der Waals surface area contributed by atoms with Crippen molar-refractivity contribution in [2.45, 2.75) is 12.6 Å². The highest BCUT2D eigenvalue weighted by molar-refractivity contribution is 5.33. The van der Waals surface area contributed by atoms with Crippen LogP contribution < -0.4 is 10.1 Å².